The predicted molar refractivity (Wildman–Crippen MR) is 81.1 cm³/mol. The zero-order chi connectivity index (χ0) is 15.1. The molecule has 2 aliphatic rings. The van der Waals surface area contributed by atoms with E-state index in [1.807, 2.05) is 0 Å². The first kappa shape index (κ1) is 14.8. The summed E-state index contributed by atoms with van der Waals surface area (Å²) in [4.78, 5) is 14.7. The summed E-state index contributed by atoms with van der Waals surface area (Å²) in [5.41, 5.74) is -1.91. The highest BCUT2D eigenvalue weighted by molar-refractivity contribution is 6.30. The second kappa shape index (κ2) is 5.25. The molecule has 0 radical (unpaired) electrons. The van der Waals surface area contributed by atoms with Gasteiger partial charge in [0.05, 0.1) is 5.54 Å². The maximum Gasteiger partial charge on any atom is 0.262 e. The molecule has 3 rings (SSSR count). The van der Waals surface area contributed by atoms with Crippen LogP contribution < -0.4 is 5.32 Å². The van der Waals surface area contributed by atoms with E-state index in [1.165, 1.54) is 13.3 Å². The molecular weight excluding hydrogens is 291 g/mol. The summed E-state index contributed by atoms with van der Waals surface area (Å²) in [6.45, 7) is 4.32. The molecule has 1 aliphatic carbocycles. The second-order valence-electron chi connectivity index (χ2n) is 6.37. The number of rotatable bonds is 5. The maximum atomic E-state index is 14.9. The fraction of sp³-hybridized carbons (Fsp3) is 0.562. The van der Waals surface area contributed by atoms with Gasteiger partial charge in [0.25, 0.3) is 5.91 Å². The Bertz CT molecular complexity index is 536. The number of likely N-dealkylation sites (tertiary alicyclic amines) is 1. The van der Waals surface area contributed by atoms with Crippen molar-refractivity contribution >= 4 is 17.5 Å². The van der Waals surface area contributed by atoms with E-state index < -0.39 is 11.6 Å². The Morgan fingerprint density at radius 1 is 1.38 bits per heavy atom. The van der Waals surface area contributed by atoms with Crippen LogP contribution in [0.2, 0.25) is 5.02 Å². The van der Waals surface area contributed by atoms with Gasteiger partial charge in [0, 0.05) is 11.6 Å². The minimum absolute atomic E-state index is 0.211. The van der Waals surface area contributed by atoms with Gasteiger partial charge >= 0.3 is 0 Å². The minimum Gasteiger partial charge on any atom is -0.346 e. The zero-order valence-electron chi connectivity index (χ0n) is 12.2. The highest BCUT2D eigenvalue weighted by Crippen LogP contribution is 2.39. The fourth-order valence-corrected chi connectivity index (χ4v) is 2.82. The predicted octanol–water partition coefficient (Wildman–Crippen LogP) is 2.88. The fourth-order valence-electron chi connectivity index (χ4n) is 2.69. The number of hydrogen-bond acceptors (Lipinski definition) is 2. The third kappa shape index (κ3) is 3.06. The lowest BCUT2D eigenvalue weighted by Gasteiger charge is -2.35. The summed E-state index contributed by atoms with van der Waals surface area (Å²) in [6.07, 6.45) is 3.09. The molecule has 0 aromatic heterocycles. The van der Waals surface area contributed by atoms with Gasteiger partial charge in [-0.15, -0.1) is 0 Å². The molecule has 2 fully saturated rings. The van der Waals surface area contributed by atoms with Crippen LogP contribution in [-0.2, 0) is 10.5 Å². The van der Waals surface area contributed by atoms with Crippen LogP contribution in [0.3, 0.4) is 0 Å². The van der Waals surface area contributed by atoms with Crippen LogP contribution in [-0.4, -0.2) is 36.0 Å². The van der Waals surface area contributed by atoms with Crippen LogP contribution in [0.25, 0.3) is 0 Å². The normalized spacial score (nSPS) is 23.0. The summed E-state index contributed by atoms with van der Waals surface area (Å²) in [7, 11) is 0. The quantitative estimate of drug-likeness (QED) is 0.907. The molecule has 1 atom stereocenters. The number of alkyl halides is 1. The lowest BCUT2D eigenvalue weighted by molar-refractivity contribution is -0.133. The van der Waals surface area contributed by atoms with E-state index in [0.717, 1.165) is 32.5 Å². The highest BCUT2D eigenvalue weighted by Gasteiger charge is 2.49. The average Bonchev–Trinajstić information content (AvgIpc) is 3.15. The van der Waals surface area contributed by atoms with Gasteiger partial charge in [-0.05, 0) is 57.0 Å². The summed E-state index contributed by atoms with van der Waals surface area (Å²) in [6, 6.07) is 6.34. The summed E-state index contributed by atoms with van der Waals surface area (Å²) in [5, 5.41) is 3.46. The van der Waals surface area contributed by atoms with Crippen LogP contribution >= 0.6 is 11.6 Å². The smallest absolute Gasteiger partial charge is 0.262 e. The summed E-state index contributed by atoms with van der Waals surface area (Å²) < 4.78 is 14.9. The first-order valence-electron chi connectivity index (χ1n) is 7.41. The van der Waals surface area contributed by atoms with Gasteiger partial charge in [-0.1, -0.05) is 23.7 Å². The van der Waals surface area contributed by atoms with Crippen molar-refractivity contribution in [3.05, 3.63) is 34.9 Å². The first-order chi connectivity index (χ1) is 9.91. The molecule has 1 amide bonds. The third-order valence-electron chi connectivity index (χ3n) is 4.52. The van der Waals surface area contributed by atoms with Crippen molar-refractivity contribution in [2.75, 3.05) is 19.6 Å². The Hall–Kier alpha value is -1.13. The molecule has 21 heavy (non-hydrogen) atoms. The molecule has 0 unspecified atom stereocenters. The Balaban J connectivity index is 1.67. The number of carbonyl (C=O) groups is 1. The molecule has 114 valence electrons. The monoisotopic (exact) mass is 310 g/mol. The SMILES string of the molecule is C[C@@](F)(C(=O)NC1(CN2CCC2)CC1)c1ccc(Cl)cc1. The Morgan fingerprint density at radius 2 is 2.00 bits per heavy atom. The molecule has 5 heteroatoms. The van der Waals surface area contributed by atoms with Gasteiger partial charge in [-0.3, -0.25) is 4.79 Å². The van der Waals surface area contributed by atoms with Gasteiger partial charge < -0.3 is 10.2 Å². The van der Waals surface area contributed by atoms with Crippen molar-refractivity contribution in [3.8, 4) is 0 Å². The molecule has 1 saturated carbocycles. The van der Waals surface area contributed by atoms with Crippen LogP contribution in [0.15, 0.2) is 24.3 Å². The van der Waals surface area contributed by atoms with Crippen LogP contribution in [0.5, 0.6) is 0 Å². The molecule has 1 saturated heterocycles. The van der Waals surface area contributed by atoms with Gasteiger partial charge in [0.2, 0.25) is 5.67 Å². The minimum atomic E-state index is -2.03. The van der Waals surface area contributed by atoms with Crippen molar-refractivity contribution in [3.63, 3.8) is 0 Å². The number of nitrogens with one attached hydrogen (secondary N) is 1. The molecule has 1 aliphatic heterocycles. The molecule has 1 heterocycles. The standard InChI is InChI=1S/C16H20ClFN2O/c1-15(18,12-3-5-13(17)6-4-12)14(21)19-16(7-8-16)11-20-9-2-10-20/h3-6H,2,7-11H2,1H3,(H,19,21)/t15-/m0/s1. The number of amides is 1. The summed E-state index contributed by atoms with van der Waals surface area (Å²) in [5.74, 6) is -0.553. The third-order valence-corrected chi connectivity index (χ3v) is 4.77. The topological polar surface area (TPSA) is 32.3 Å². The van der Waals surface area contributed by atoms with Gasteiger partial charge in [-0.2, -0.15) is 0 Å². The van der Waals surface area contributed by atoms with Crippen molar-refractivity contribution in [2.24, 2.45) is 0 Å². The molecule has 0 spiro atoms. The zero-order valence-corrected chi connectivity index (χ0v) is 12.9. The highest BCUT2D eigenvalue weighted by atomic mass is 35.5. The van der Waals surface area contributed by atoms with E-state index in [9.17, 15) is 9.18 Å². The van der Waals surface area contributed by atoms with Gasteiger partial charge in [0.15, 0.2) is 0 Å². The van der Waals surface area contributed by atoms with E-state index in [2.05, 4.69) is 10.2 Å². The van der Waals surface area contributed by atoms with Crippen molar-refractivity contribution in [1.29, 1.82) is 0 Å². The number of hydrogen-bond donors (Lipinski definition) is 1. The first-order valence-corrected chi connectivity index (χ1v) is 7.79. The van der Waals surface area contributed by atoms with E-state index in [-0.39, 0.29) is 5.54 Å². The molecule has 3 nitrogen and oxygen atoms in total. The van der Waals surface area contributed by atoms with E-state index in [0.29, 0.717) is 10.6 Å². The van der Waals surface area contributed by atoms with Crippen molar-refractivity contribution in [2.45, 2.75) is 37.4 Å². The van der Waals surface area contributed by atoms with Crippen LogP contribution in [0.1, 0.15) is 31.7 Å². The van der Waals surface area contributed by atoms with Crippen LogP contribution in [0.4, 0.5) is 4.39 Å². The average molecular weight is 311 g/mol. The van der Waals surface area contributed by atoms with E-state index in [1.54, 1.807) is 24.3 Å². The number of nitrogens with zero attached hydrogens (tertiary/aromatic N) is 1. The van der Waals surface area contributed by atoms with Gasteiger partial charge in [-0.25, -0.2) is 4.39 Å². The lowest BCUT2D eigenvalue weighted by Crippen LogP contribution is -2.53. The van der Waals surface area contributed by atoms with E-state index in [4.69, 9.17) is 11.6 Å². The molecular formula is C16H20ClFN2O. The Labute approximate surface area is 129 Å². The van der Waals surface area contributed by atoms with Gasteiger partial charge in [0.1, 0.15) is 0 Å². The molecule has 1 N–H and O–H groups in total. The Morgan fingerprint density at radius 3 is 2.48 bits per heavy atom. The second-order valence-corrected chi connectivity index (χ2v) is 6.81. The van der Waals surface area contributed by atoms with Crippen molar-refractivity contribution < 1.29 is 9.18 Å². The van der Waals surface area contributed by atoms with E-state index >= 15 is 0 Å². The summed E-state index contributed by atoms with van der Waals surface area (Å²) >= 11 is 5.81. The molecule has 1 aromatic rings. The number of carbonyl (C=O) groups excluding carboxylic acids is 1. The van der Waals surface area contributed by atoms with Crippen molar-refractivity contribution in [1.82, 2.24) is 10.2 Å². The lowest BCUT2D eigenvalue weighted by atomic mass is 9.96. The number of benzene rings is 1. The molecule has 1 aromatic carbocycles. The Kier molecular flexibility index (Phi) is 3.70. The van der Waals surface area contributed by atoms with Crippen LogP contribution in [0, 0.1) is 0 Å². The maximum absolute atomic E-state index is 14.9. The number of halogens is 2. The largest absolute Gasteiger partial charge is 0.346 e. The molecule has 0 bridgehead atoms.